The van der Waals surface area contributed by atoms with E-state index in [-0.39, 0.29) is 12.0 Å². The molecule has 2 aromatic rings. The van der Waals surface area contributed by atoms with Gasteiger partial charge >= 0.3 is 0 Å². The second-order valence-electron chi connectivity index (χ2n) is 5.44. The van der Waals surface area contributed by atoms with E-state index < -0.39 is 0 Å². The van der Waals surface area contributed by atoms with E-state index in [0.717, 1.165) is 16.2 Å². The number of allylic oxidation sites excluding steroid dienone is 2. The van der Waals surface area contributed by atoms with Crippen molar-refractivity contribution in [3.05, 3.63) is 53.0 Å². The lowest BCUT2D eigenvalue weighted by Gasteiger charge is -2.09. The van der Waals surface area contributed by atoms with E-state index in [9.17, 15) is 4.79 Å². The van der Waals surface area contributed by atoms with E-state index in [1.807, 2.05) is 44.2 Å². The summed E-state index contributed by atoms with van der Waals surface area (Å²) in [5.41, 5.74) is 1.41. The number of carbonyl (C=O) groups is 1. The normalized spacial score (nSPS) is 11.6. The van der Waals surface area contributed by atoms with Gasteiger partial charge in [-0.05, 0) is 61.9 Å². The molecular weight excluding hydrogens is 332 g/mol. The van der Waals surface area contributed by atoms with Crippen LogP contribution in [0.15, 0.2) is 53.2 Å². The quantitative estimate of drug-likeness (QED) is 0.627. The number of hydrogen-bond acceptors (Lipinski definition) is 4. The maximum absolute atomic E-state index is 12.3. The molecule has 1 aromatic carbocycles. The summed E-state index contributed by atoms with van der Waals surface area (Å²) in [4.78, 5) is 17.7. The standard InChI is InChI=1S/C20H20N2O2S/c1-5-16(12-13-21-4)22-20(23)19-11-10-18(25-19)15-6-8-17(9-7-15)24-14(2)3/h1,6-14H,2-4H3,(H,22,23)/b16-12+,21-13-. The predicted octanol–water partition coefficient (Wildman–Crippen LogP) is 4.15. The Morgan fingerprint density at radius 2 is 2.00 bits per heavy atom. The molecule has 1 aromatic heterocycles. The Bertz CT molecular complexity index is 824. The first kappa shape index (κ1) is 18.5. The number of terminal acetylenes is 1. The molecule has 4 nitrogen and oxygen atoms in total. The number of ether oxygens (including phenoxy) is 1. The molecule has 1 amide bonds. The second-order valence-corrected chi connectivity index (χ2v) is 6.52. The molecule has 0 aliphatic heterocycles. The molecule has 0 atom stereocenters. The van der Waals surface area contributed by atoms with Crippen LogP contribution in [0.4, 0.5) is 0 Å². The van der Waals surface area contributed by atoms with Crippen molar-refractivity contribution in [1.82, 2.24) is 5.32 Å². The number of thiophene rings is 1. The van der Waals surface area contributed by atoms with Crippen LogP contribution >= 0.6 is 11.3 Å². The van der Waals surface area contributed by atoms with Crippen molar-refractivity contribution in [2.24, 2.45) is 4.99 Å². The second kappa shape index (κ2) is 8.86. The Morgan fingerprint density at radius 3 is 2.60 bits per heavy atom. The van der Waals surface area contributed by atoms with Gasteiger partial charge in [-0.15, -0.1) is 17.8 Å². The summed E-state index contributed by atoms with van der Waals surface area (Å²) in [7, 11) is 1.63. The van der Waals surface area contributed by atoms with E-state index in [4.69, 9.17) is 11.2 Å². The molecule has 0 bridgehead atoms. The first-order valence-electron chi connectivity index (χ1n) is 7.81. The van der Waals surface area contributed by atoms with E-state index in [1.54, 1.807) is 19.2 Å². The van der Waals surface area contributed by atoms with Crippen LogP contribution in [-0.2, 0) is 0 Å². The number of amides is 1. The lowest BCUT2D eigenvalue weighted by Crippen LogP contribution is -2.21. The minimum absolute atomic E-state index is 0.138. The van der Waals surface area contributed by atoms with Gasteiger partial charge in [0.2, 0.25) is 0 Å². The first-order valence-corrected chi connectivity index (χ1v) is 8.62. The van der Waals surface area contributed by atoms with Gasteiger partial charge in [-0.3, -0.25) is 9.79 Å². The summed E-state index contributed by atoms with van der Waals surface area (Å²) in [6.07, 6.45) is 8.64. The molecule has 0 fully saturated rings. The lowest BCUT2D eigenvalue weighted by molar-refractivity contribution is 0.0971. The van der Waals surface area contributed by atoms with Gasteiger partial charge in [-0.25, -0.2) is 0 Å². The van der Waals surface area contributed by atoms with Crippen LogP contribution < -0.4 is 10.1 Å². The zero-order valence-corrected chi connectivity index (χ0v) is 15.3. The third kappa shape index (κ3) is 5.33. The van der Waals surface area contributed by atoms with Crippen molar-refractivity contribution in [1.29, 1.82) is 0 Å². The zero-order chi connectivity index (χ0) is 18.2. The molecule has 0 aliphatic carbocycles. The van der Waals surface area contributed by atoms with E-state index in [0.29, 0.717) is 10.6 Å². The van der Waals surface area contributed by atoms with Crippen molar-refractivity contribution in [3.8, 4) is 28.5 Å². The fourth-order valence-electron chi connectivity index (χ4n) is 2.04. The number of hydrogen-bond donors (Lipinski definition) is 1. The summed E-state index contributed by atoms with van der Waals surface area (Å²) in [5, 5.41) is 2.70. The average Bonchev–Trinajstić information content (AvgIpc) is 3.08. The van der Waals surface area contributed by atoms with Crippen LogP contribution in [0.2, 0.25) is 0 Å². The predicted molar refractivity (Wildman–Crippen MR) is 104 cm³/mol. The third-order valence-electron chi connectivity index (χ3n) is 3.13. The van der Waals surface area contributed by atoms with E-state index >= 15 is 0 Å². The molecule has 0 unspecified atom stereocenters. The maximum Gasteiger partial charge on any atom is 0.266 e. The number of aliphatic imine (C=N–C) groups is 1. The SMILES string of the molecule is C#C/C(=C\C=N/C)NC(=O)c1ccc(-c2ccc(OC(C)C)cc2)s1. The summed E-state index contributed by atoms with van der Waals surface area (Å²) in [6, 6.07) is 11.5. The van der Waals surface area contributed by atoms with Crippen LogP contribution in [0.1, 0.15) is 23.5 Å². The summed E-state index contributed by atoms with van der Waals surface area (Å²) < 4.78 is 5.64. The number of benzene rings is 1. The van der Waals surface area contributed by atoms with Gasteiger partial charge in [0.05, 0.1) is 16.7 Å². The molecule has 0 spiro atoms. The van der Waals surface area contributed by atoms with Gasteiger partial charge in [0.25, 0.3) is 5.91 Å². The highest BCUT2D eigenvalue weighted by Crippen LogP contribution is 2.29. The molecule has 1 N–H and O–H groups in total. The van der Waals surface area contributed by atoms with Crippen LogP contribution in [-0.4, -0.2) is 25.3 Å². The average molecular weight is 352 g/mol. The highest BCUT2D eigenvalue weighted by atomic mass is 32.1. The first-order chi connectivity index (χ1) is 12.0. The van der Waals surface area contributed by atoms with E-state index in [2.05, 4.69) is 16.2 Å². The Labute approximate surface area is 152 Å². The largest absolute Gasteiger partial charge is 0.491 e. The minimum Gasteiger partial charge on any atom is -0.491 e. The van der Waals surface area contributed by atoms with Crippen molar-refractivity contribution in [2.75, 3.05) is 7.05 Å². The smallest absolute Gasteiger partial charge is 0.266 e. The third-order valence-corrected chi connectivity index (χ3v) is 4.27. The molecule has 25 heavy (non-hydrogen) atoms. The molecule has 0 aliphatic rings. The van der Waals surface area contributed by atoms with Crippen molar-refractivity contribution < 1.29 is 9.53 Å². The minimum atomic E-state index is -0.232. The highest BCUT2D eigenvalue weighted by Gasteiger charge is 2.11. The van der Waals surface area contributed by atoms with Crippen molar-refractivity contribution in [3.63, 3.8) is 0 Å². The van der Waals surface area contributed by atoms with Crippen molar-refractivity contribution >= 4 is 23.5 Å². The number of nitrogens with zero attached hydrogens (tertiary/aromatic N) is 1. The molecule has 5 heteroatoms. The number of rotatable bonds is 6. The lowest BCUT2D eigenvalue weighted by atomic mass is 10.2. The van der Waals surface area contributed by atoms with Gasteiger partial charge < -0.3 is 10.1 Å². The van der Waals surface area contributed by atoms with Crippen LogP contribution in [0.25, 0.3) is 10.4 Å². The molecule has 1 heterocycles. The van der Waals surface area contributed by atoms with Gasteiger partial charge in [-0.1, -0.05) is 5.92 Å². The van der Waals surface area contributed by atoms with Crippen molar-refractivity contribution in [2.45, 2.75) is 20.0 Å². The summed E-state index contributed by atoms with van der Waals surface area (Å²) in [6.45, 7) is 3.98. The molecule has 0 saturated heterocycles. The maximum atomic E-state index is 12.3. The molecule has 128 valence electrons. The molecule has 2 rings (SSSR count). The molecule has 0 radical (unpaired) electrons. The zero-order valence-electron chi connectivity index (χ0n) is 14.4. The van der Waals surface area contributed by atoms with Crippen LogP contribution in [0.5, 0.6) is 5.75 Å². The van der Waals surface area contributed by atoms with Gasteiger partial charge in [0.1, 0.15) is 5.75 Å². The Balaban J connectivity index is 2.11. The van der Waals surface area contributed by atoms with Gasteiger partial charge in [-0.2, -0.15) is 0 Å². The van der Waals surface area contributed by atoms with Crippen LogP contribution in [0, 0.1) is 12.3 Å². The Morgan fingerprint density at radius 1 is 1.28 bits per heavy atom. The number of nitrogens with one attached hydrogen (secondary N) is 1. The Kier molecular flexibility index (Phi) is 6.55. The van der Waals surface area contributed by atoms with Crippen LogP contribution in [0.3, 0.4) is 0 Å². The highest BCUT2D eigenvalue weighted by molar-refractivity contribution is 7.17. The Hall–Kier alpha value is -2.84. The fraction of sp³-hybridized carbons (Fsp3) is 0.200. The summed E-state index contributed by atoms with van der Waals surface area (Å²) >= 11 is 1.41. The fourth-order valence-corrected chi connectivity index (χ4v) is 2.95. The topological polar surface area (TPSA) is 50.7 Å². The monoisotopic (exact) mass is 352 g/mol. The number of carbonyl (C=O) groups excluding carboxylic acids is 1. The molecular formula is C20H20N2O2S. The molecule has 0 saturated carbocycles. The van der Waals surface area contributed by atoms with Gasteiger partial charge in [0, 0.05) is 18.1 Å². The van der Waals surface area contributed by atoms with Gasteiger partial charge in [0.15, 0.2) is 0 Å². The van der Waals surface area contributed by atoms with E-state index in [1.165, 1.54) is 17.6 Å². The summed E-state index contributed by atoms with van der Waals surface area (Å²) in [5.74, 6) is 3.02.